The number of hydrogen-bond acceptors (Lipinski definition) is 17. The lowest BCUT2D eigenvalue weighted by Gasteiger charge is -2.11. The van der Waals surface area contributed by atoms with Gasteiger partial charge in [-0.15, -0.1) is 0 Å². The van der Waals surface area contributed by atoms with Gasteiger partial charge in [-0.05, 0) is 36.7 Å². The zero-order chi connectivity index (χ0) is 49.6. The van der Waals surface area contributed by atoms with Crippen LogP contribution in [0.3, 0.4) is 0 Å². The van der Waals surface area contributed by atoms with Crippen LogP contribution in [0.2, 0.25) is 0 Å². The Balaban J connectivity index is -0.000000147. The molecule has 0 heterocycles. The fourth-order valence-electron chi connectivity index (χ4n) is 2.62. The van der Waals surface area contributed by atoms with Crippen LogP contribution in [0.15, 0.2) is 30.3 Å². The van der Waals surface area contributed by atoms with E-state index >= 15 is 0 Å². The summed E-state index contributed by atoms with van der Waals surface area (Å²) in [5.74, 6) is -9.25. The van der Waals surface area contributed by atoms with Crippen molar-refractivity contribution in [1.29, 1.82) is 0 Å². The molecule has 0 radical (unpaired) electrons. The Labute approximate surface area is 351 Å². The first kappa shape index (κ1) is 66.9. The number of carboxylic acid groups (broad SMARTS) is 9. The van der Waals surface area contributed by atoms with Gasteiger partial charge in [0.1, 0.15) is 36.3 Å². The second-order valence-electron chi connectivity index (χ2n) is 12.5. The van der Waals surface area contributed by atoms with Gasteiger partial charge in [0.05, 0.1) is 13.2 Å². The van der Waals surface area contributed by atoms with Gasteiger partial charge in [-0.3, -0.25) is 43.2 Å². The molecular weight excluding hydrogens is 822 g/mol. The Kier molecular flexibility index (Phi) is 44.9. The predicted molar refractivity (Wildman–Crippen MR) is 216 cm³/mol. The minimum Gasteiger partial charge on any atom is -0.481 e. The number of aliphatic hydroxyl groups is 1. The van der Waals surface area contributed by atoms with Crippen LogP contribution in [0, 0.1) is 11.8 Å². The molecule has 0 aliphatic heterocycles. The standard InChI is InChI=1S/C9H11NO2.C6H13NO2.2C5H9NO4.C5H11NO2.C3H7NO3.C2H5NO2/c10-8(9(11)12)6-7-4-2-1-3-5-7;1-3-4(2)5(7)6(8)9;2*6-3(5(9)10)1-2-4(7)8;1-3(2)4(6)5(7)8;4-2(1-5)3(6)7;3-1-2(4)5/h1-5,8H,6,10H2,(H,11,12);4-5H,3,7H2,1-2H3,(H,8,9);2*3H,1-2,6H2,(H,7,8)(H,9,10);3-4H,6H2,1-2H3,(H,7,8);2,5H,1,4H2,(H,6,7);1,3H2,(H,4,5)/t8-;4-,5-;2*3-;4-;2-;/m000000./s1. The Morgan fingerprint density at radius 2 is 0.836 bits per heavy atom. The van der Waals surface area contributed by atoms with Crippen molar-refractivity contribution in [1.82, 2.24) is 0 Å². The van der Waals surface area contributed by atoms with Crippen molar-refractivity contribution in [3.05, 3.63) is 35.9 Å². The first-order valence-electron chi connectivity index (χ1n) is 17.8. The molecule has 26 nitrogen and oxygen atoms in total. The molecule has 61 heavy (non-hydrogen) atoms. The summed E-state index contributed by atoms with van der Waals surface area (Å²) in [5.41, 5.74) is 36.1. The molecule has 354 valence electrons. The van der Waals surface area contributed by atoms with Crippen molar-refractivity contribution >= 4 is 53.7 Å². The maximum atomic E-state index is 10.4. The van der Waals surface area contributed by atoms with E-state index < -0.39 is 96.6 Å². The second-order valence-corrected chi connectivity index (χ2v) is 12.5. The molecule has 0 bridgehead atoms. The molecule has 7 atom stereocenters. The highest BCUT2D eigenvalue weighted by Gasteiger charge is 2.18. The number of hydrogen-bond donors (Lipinski definition) is 17. The summed E-state index contributed by atoms with van der Waals surface area (Å²) in [6.45, 7) is 6.53. The topological polar surface area (TPSA) is 538 Å². The summed E-state index contributed by atoms with van der Waals surface area (Å²) in [6.07, 6.45) is 0.750. The number of nitrogens with two attached hydrogens (primary N) is 7. The van der Waals surface area contributed by atoms with Crippen LogP contribution < -0.4 is 40.1 Å². The fourth-order valence-corrected chi connectivity index (χ4v) is 2.62. The van der Waals surface area contributed by atoms with E-state index in [1.54, 1.807) is 13.8 Å². The lowest BCUT2D eigenvalue weighted by Crippen LogP contribution is -2.36. The summed E-state index contributed by atoms with van der Waals surface area (Å²) >= 11 is 0. The lowest BCUT2D eigenvalue weighted by molar-refractivity contribution is -0.141. The first-order chi connectivity index (χ1) is 27.9. The van der Waals surface area contributed by atoms with Crippen molar-refractivity contribution in [2.75, 3.05) is 13.2 Å². The van der Waals surface area contributed by atoms with Gasteiger partial charge in [0, 0.05) is 12.8 Å². The number of aliphatic carboxylic acids is 9. The van der Waals surface area contributed by atoms with Crippen LogP contribution in [-0.4, -0.2) is 154 Å². The summed E-state index contributed by atoms with van der Waals surface area (Å²) in [6, 6.07) is 3.89. The fraction of sp³-hybridized carbons (Fsp3) is 0.571. The molecule has 0 aliphatic carbocycles. The van der Waals surface area contributed by atoms with E-state index in [9.17, 15) is 43.2 Å². The third kappa shape index (κ3) is 50.2. The van der Waals surface area contributed by atoms with E-state index in [1.807, 2.05) is 44.2 Å². The maximum Gasteiger partial charge on any atom is 0.322 e. The number of carbonyl (C=O) groups is 9. The van der Waals surface area contributed by atoms with E-state index in [-0.39, 0.29) is 44.1 Å². The SMILES string of the molecule is CC(C)[C@H](N)C(=O)O.CC[C@H](C)[C@H](N)C(=O)O.NCC(=O)O.N[C@@H](CCC(=O)O)C(=O)O.N[C@@H](CCC(=O)O)C(=O)O.N[C@@H](CO)C(=O)O.N[C@@H](Cc1ccccc1)C(=O)O. The molecule has 0 amide bonds. The summed E-state index contributed by atoms with van der Waals surface area (Å²) < 4.78 is 0. The van der Waals surface area contributed by atoms with E-state index in [0.29, 0.717) is 6.42 Å². The minimum absolute atomic E-state index is 0.0208. The molecule has 26 heteroatoms. The molecule has 0 unspecified atom stereocenters. The Hall–Kier alpha value is -5.87. The summed E-state index contributed by atoms with van der Waals surface area (Å²) in [4.78, 5) is 89.2. The third-order valence-corrected chi connectivity index (χ3v) is 6.82. The molecule has 0 fully saturated rings. The second kappa shape index (κ2) is 40.9. The van der Waals surface area contributed by atoms with E-state index in [2.05, 4.69) is 5.73 Å². The predicted octanol–water partition coefficient (Wildman–Crippen LogP) is -2.91. The summed E-state index contributed by atoms with van der Waals surface area (Å²) in [5, 5.41) is 81.1. The van der Waals surface area contributed by atoms with Crippen molar-refractivity contribution in [2.24, 2.45) is 52.0 Å². The molecule has 0 saturated carbocycles. The summed E-state index contributed by atoms with van der Waals surface area (Å²) in [7, 11) is 0. The van der Waals surface area contributed by atoms with Crippen molar-refractivity contribution < 1.29 is 94.2 Å². The number of benzene rings is 1. The highest BCUT2D eigenvalue weighted by Crippen LogP contribution is 2.04. The largest absolute Gasteiger partial charge is 0.481 e. The van der Waals surface area contributed by atoms with Crippen LogP contribution in [-0.2, 0) is 49.6 Å². The molecule has 0 aliphatic rings. The Morgan fingerprint density at radius 3 is 1.00 bits per heavy atom. The van der Waals surface area contributed by atoms with Crippen LogP contribution in [0.1, 0.15) is 65.4 Å². The monoisotopic (exact) mass is 887 g/mol. The molecular formula is C35H65N7O19. The normalized spacial score (nSPS) is 13.0. The van der Waals surface area contributed by atoms with Gasteiger partial charge in [-0.2, -0.15) is 0 Å². The van der Waals surface area contributed by atoms with Crippen LogP contribution in [0.25, 0.3) is 0 Å². The first-order valence-corrected chi connectivity index (χ1v) is 17.8. The number of aliphatic hydroxyl groups excluding tert-OH is 1. The van der Waals surface area contributed by atoms with Gasteiger partial charge in [0.2, 0.25) is 0 Å². The molecule has 24 N–H and O–H groups in total. The molecule has 0 aromatic heterocycles. The van der Waals surface area contributed by atoms with Crippen LogP contribution >= 0.6 is 0 Å². The van der Waals surface area contributed by atoms with Crippen molar-refractivity contribution in [3.63, 3.8) is 0 Å². The number of rotatable bonds is 19. The van der Waals surface area contributed by atoms with Gasteiger partial charge in [-0.1, -0.05) is 64.4 Å². The van der Waals surface area contributed by atoms with E-state index in [1.165, 1.54) is 0 Å². The van der Waals surface area contributed by atoms with Crippen molar-refractivity contribution in [2.45, 2.75) is 102 Å². The van der Waals surface area contributed by atoms with Crippen LogP contribution in [0.5, 0.6) is 0 Å². The minimum atomic E-state index is -1.18. The van der Waals surface area contributed by atoms with Gasteiger partial charge in [0.15, 0.2) is 0 Å². The van der Waals surface area contributed by atoms with Gasteiger partial charge >= 0.3 is 53.7 Å². The molecule has 1 rings (SSSR count). The zero-order valence-corrected chi connectivity index (χ0v) is 34.4. The van der Waals surface area contributed by atoms with Gasteiger partial charge < -0.3 is 91.2 Å². The Bertz CT molecular complexity index is 1390. The van der Waals surface area contributed by atoms with Crippen molar-refractivity contribution in [3.8, 4) is 0 Å². The van der Waals surface area contributed by atoms with Gasteiger partial charge in [0.25, 0.3) is 0 Å². The maximum absolute atomic E-state index is 10.4. The molecule has 0 saturated heterocycles. The molecule has 0 spiro atoms. The molecule has 1 aromatic carbocycles. The number of carboxylic acids is 9. The third-order valence-electron chi connectivity index (χ3n) is 6.82. The quantitative estimate of drug-likeness (QED) is 0.0662. The highest BCUT2D eigenvalue weighted by molar-refractivity contribution is 5.76. The van der Waals surface area contributed by atoms with E-state index in [0.717, 1.165) is 12.0 Å². The smallest absolute Gasteiger partial charge is 0.322 e. The average molecular weight is 888 g/mol. The molecule has 1 aromatic rings. The van der Waals surface area contributed by atoms with E-state index in [4.69, 9.17) is 85.5 Å². The highest BCUT2D eigenvalue weighted by atomic mass is 16.4. The lowest BCUT2D eigenvalue weighted by atomic mass is 10.0. The Morgan fingerprint density at radius 1 is 0.508 bits per heavy atom. The van der Waals surface area contributed by atoms with Crippen LogP contribution in [0.4, 0.5) is 0 Å². The van der Waals surface area contributed by atoms with Gasteiger partial charge in [-0.25, -0.2) is 0 Å². The average Bonchev–Trinajstić information content (AvgIpc) is 3.18. The zero-order valence-electron chi connectivity index (χ0n) is 34.4.